The number of aryl methyl sites for hydroxylation is 2. The van der Waals surface area contributed by atoms with Gasteiger partial charge in [-0.15, -0.1) is 0 Å². The lowest BCUT2D eigenvalue weighted by molar-refractivity contribution is -0.127. The Hall–Kier alpha value is -1.92. The summed E-state index contributed by atoms with van der Waals surface area (Å²) in [4.78, 5) is 19.9. The molecule has 2 aliphatic heterocycles. The summed E-state index contributed by atoms with van der Waals surface area (Å²) in [6.07, 6.45) is 4.12. The largest absolute Gasteiger partial charge is 0.381 e. The highest BCUT2D eigenvalue weighted by Gasteiger charge is 2.35. The van der Waals surface area contributed by atoms with E-state index in [1.54, 1.807) is 0 Å². The van der Waals surface area contributed by atoms with Crippen LogP contribution in [0, 0.1) is 6.92 Å². The Bertz CT molecular complexity index is 794. The zero-order valence-electron chi connectivity index (χ0n) is 15.7. The van der Waals surface area contributed by atoms with Crippen LogP contribution in [0.4, 0.5) is 0 Å². The highest BCUT2D eigenvalue weighted by molar-refractivity contribution is 5.82. The number of benzene rings is 1. The van der Waals surface area contributed by atoms with Crippen molar-refractivity contribution < 1.29 is 9.53 Å². The number of imidazole rings is 1. The number of amides is 1. The number of hydrogen-bond donors (Lipinski definition) is 1. The molecule has 0 saturated carbocycles. The van der Waals surface area contributed by atoms with Gasteiger partial charge in [-0.3, -0.25) is 9.69 Å². The Morgan fingerprint density at radius 2 is 2.12 bits per heavy atom. The van der Waals surface area contributed by atoms with Crippen LogP contribution in [0.2, 0.25) is 0 Å². The number of hydrogen-bond acceptors (Lipinski definition) is 4. The number of nitrogens with zero attached hydrogens (tertiary/aromatic N) is 3. The summed E-state index contributed by atoms with van der Waals surface area (Å²) in [6, 6.07) is 6.75. The summed E-state index contributed by atoms with van der Waals surface area (Å²) < 4.78 is 7.54. The van der Waals surface area contributed by atoms with E-state index >= 15 is 0 Å². The van der Waals surface area contributed by atoms with Crippen molar-refractivity contribution in [3.63, 3.8) is 0 Å². The van der Waals surface area contributed by atoms with E-state index in [9.17, 15) is 4.79 Å². The maximum absolute atomic E-state index is 12.8. The molecule has 0 spiro atoms. The van der Waals surface area contributed by atoms with Crippen molar-refractivity contribution in [2.24, 2.45) is 7.05 Å². The molecule has 1 amide bonds. The van der Waals surface area contributed by atoms with Crippen molar-refractivity contribution in [1.29, 1.82) is 0 Å². The average Bonchev–Trinajstić information content (AvgIpc) is 3.25. The predicted octanol–water partition coefficient (Wildman–Crippen LogP) is 2.14. The van der Waals surface area contributed by atoms with Crippen LogP contribution >= 0.6 is 0 Å². The van der Waals surface area contributed by atoms with Crippen molar-refractivity contribution >= 4 is 16.9 Å². The Labute approximate surface area is 154 Å². The molecule has 2 aromatic rings. The molecular weight excluding hydrogens is 328 g/mol. The maximum Gasteiger partial charge on any atom is 0.237 e. The van der Waals surface area contributed by atoms with Gasteiger partial charge in [-0.25, -0.2) is 4.98 Å². The molecule has 0 bridgehead atoms. The number of aromatic nitrogens is 2. The quantitative estimate of drug-likeness (QED) is 0.912. The van der Waals surface area contributed by atoms with Gasteiger partial charge < -0.3 is 14.6 Å². The standard InChI is InChI=1S/C20H28N4O2/c1-14-5-6-17-16(12-14)22-19(23(17)2)13-21-20(25)18-4-3-9-24(18)15-7-10-26-11-8-15/h5-6,12,15,18H,3-4,7-11,13H2,1-2H3,(H,21,25). The number of ether oxygens (including phenoxy) is 1. The third-order valence-electron chi connectivity index (χ3n) is 5.81. The zero-order valence-corrected chi connectivity index (χ0v) is 15.7. The van der Waals surface area contributed by atoms with Crippen LogP contribution in [0.1, 0.15) is 37.1 Å². The van der Waals surface area contributed by atoms with Gasteiger partial charge in [0, 0.05) is 26.3 Å². The second-order valence-corrected chi connectivity index (χ2v) is 7.54. The summed E-state index contributed by atoms with van der Waals surface area (Å²) in [6.45, 7) is 5.19. The first kappa shape index (κ1) is 17.5. The van der Waals surface area contributed by atoms with Crippen LogP contribution in [0.15, 0.2) is 18.2 Å². The number of carbonyl (C=O) groups is 1. The van der Waals surface area contributed by atoms with Crippen LogP contribution < -0.4 is 5.32 Å². The van der Waals surface area contributed by atoms with E-state index in [1.807, 2.05) is 7.05 Å². The van der Waals surface area contributed by atoms with Gasteiger partial charge in [0.05, 0.1) is 23.6 Å². The van der Waals surface area contributed by atoms with Gasteiger partial charge in [0.1, 0.15) is 5.82 Å². The molecule has 1 N–H and O–H groups in total. The van der Waals surface area contributed by atoms with Crippen molar-refractivity contribution in [2.75, 3.05) is 19.8 Å². The fourth-order valence-corrected chi connectivity index (χ4v) is 4.33. The number of carbonyl (C=O) groups excluding carboxylic acids is 1. The topological polar surface area (TPSA) is 59.4 Å². The molecule has 140 valence electrons. The first-order chi connectivity index (χ1) is 12.6. The Balaban J connectivity index is 1.42. The molecule has 1 aromatic heterocycles. The highest BCUT2D eigenvalue weighted by Crippen LogP contribution is 2.25. The molecule has 6 nitrogen and oxygen atoms in total. The van der Waals surface area contributed by atoms with Crippen molar-refractivity contribution in [3.8, 4) is 0 Å². The normalized spacial score (nSPS) is 22.2. The molecular formula is C20H28N4O2. The lowest BCUT2D eigenvalue weighted by Crippen LogP contribution is -2.49. The van der Waals surface area contributed by atoms with Gasteiger partial charge in [0.25, 0.3) is 0 Å². The van der Waals surface area contributed by atoms with Gasteiger partial charge >= 0.3 is 0 Å². The minimum absolute atomic E-state index is 0.00460. The number of rotatable bonds is 4. The SMILES string of the molecule is Cc1ccc2c(c1)nc(CNC(=O)C1CCCN1C1CCOCC1)n2C. The second-order valence-electron chi connectivity index (χ2n) is 7.54. The first-order valence-corrected chi connectivity index (χ1v) is 9.66. The Morgan fingerprint density at radius 1 is 1.31 bits per heavy atom. The number of nitrogens with one attached hydrogen (secondary N) is 1. The van der Waals surface area contributed by atoms with Crippen LogP contribution in [-0.2, 0) is 23.1 Å². The van der Waals surface area contributed by atoms with Gasteiger partial charge in [0.15, 0.2) is 0 Å². The molecule has 2 aliphatic rings. The zero-order chi connectivity index (χ0) is 18.1. The maximum atomic E-state index is 12.8. The van der Waals surface area contributed by atoms with Crippen molar-refractivity contribution in [1.82, 2.24) is 19.8 Å². The molecule has 6 heteroatoms. The lowest BCUT2D eigenvalue weighted by atomic mass is 10.1. The summed E-state index contributed by atoms with van der Waals surface area (Å²) >= 11 is 0. The van der Waals surface area contributed by atoms with Crippen LogP contribution in [-0.4, -0.2) is 52.2 Å². The third-order valence-corrected chi connectivity index (χ3v) is 5.81. The van der Waals surface area contributed by atoms with E-state index in [4.69, 9.17) is 9.72 Å². The van der Waals surface area contributed by atoms with Crippen LogP contribution in [0.3, 0.4) is 0 Å². The predicted molar refractivity (Wildman–Crippen MR) is 101 cm³/mol. The minimum Gasteiger partial charge on any atom is -0.381 e. The second kappa shape index (κ2) is 7.37. The molecule has 3 heterocycles. The molecule has 1 unspecified atom stereocenters. The van der Waals surface area contributed by atoms with Gasteiger partial charge in [-0.2, -0.15) is 0 Å². The van der Waals surface area contributed by atoms with Gasteiger partial charge in [-0.05, 0) is 56.8 Å². The third kappa shape index (κ3) is 3.35. The summed E-state index contributed by atoms with van der Waals surface area (Å²) in [5.41, 5.74) is 3.29. The van der Waals surface area contributed by atoms with E-state index in [0.717, 1.165) is 62.3 Å². The average molecular weight is 356 g/mol. The lowest BCUT2D eigenvalue weighted by Gasteiger charge is -2.34. The molecule has 2 saturated heterocycles. The molecule has 2 fully saturated rings. The molecule has 0 radical (unpaired) electrons. The van der Waals surface area contributed by atoms with E-state index in [-0.39, 0.29) is 11.9 Å². The Kier molecular flexibility index (Phi) is 4.96. The first-order valence-electron chi connectivity index (χ1n) is 9.66. The van der Waals surface area contributed by atoms with Gasteiger partial charge in [0.2, 0.25) is 5.91 Å². The van der Waals surface area contributed by atoms with E-state index in [0.29, 0.717) is 12.6 Å². The monoisotopic (exact) mass is 356 g/mol. The highest BCUT2D eigenvalue weighted by atomic mass is 16.5. The number of likely N-dealkylation sites (tertiary alicyclic amines) is 1. The smallest absolute Gasteiger partial charge is 0.237 e. The fourth-order valence-electron chi connectivity index (χ4n) is 4.33. The summed E-state index contributed by atoms with van der Waals surface area (Å²) in [7, 11) is 2.01. The van der Waals surface area contributed by atoms with E-state index in [2.05, 4.69) is 39.9 Å². The van der Waals surface area contributed by atoms with Crippen molar-refractivity contribution in [2.45, 2.75) is 51.2 Å². The summed E-state index contributed by atoms with van der Waals surface area (Å²) in [5, 5.41) is 3.13. The summed E-state index contributed by atoms with van der Waals surface area (Å²) in [5.74, 6) is 1.03. The van der Waals surface area contributed by atoms with Gasteiger partial charge in [-0.1, -0.05) is 6.07 Å². The van der Waals surface area contributed by atoms with Crippen LogP contribution in [0.25, 0.3) is 11.0 Å². The molecule has 1 aromatic carbocycles. The molecule has 4 rings (SSSR count). The van der Waals surface area contributed by atoms with Crippen LogP contribution in [0.5, 0.6) is 0 Å². The van der Waals surface area contributed by atoms with Crippen molar-refractivity contribution in [3.05, 3.63) is 29.6 Å². The fraction of sp³-hybridized carbons (Fsp3) is 0.600. The minimum atomic E-state index is -0.00460. The number of fused-ring (bicyclic) bond motifs is 1. The Morgan fingerprint density at radius 3 is 2.92 bits per heavy atom. The molecule has 1 atom stereocenters. The van der Waals surface area contributed by atoms with E-state index < -0.39 is 0 Å². The molecule has 0 aliphatic carbocycles. The molecule has 26 heavy (non-hydrogen) atoms. The van der Waals surface area contributed by atoms with E-state index in [1.165, 1.54) is 5.56 Å².